The zero-order valence-corrected chi connectivity index (χ0v) is 8.98. The van der Waals surface area contributed by atoms with E-state index in [2.05, 4.69) is 18.9 Å². The lowest BCUT2D eigenvalue weighted by atomic mass is 10.4. The van der Waals surface area contributed by atoms with Crippen molar-refractivity contribution in [3.63, 3.8) is 0 Å². The number of cyclic esters (lactones) is 2. The molecule has 9 heteroatoms. The SMILES string of the molecule is O=C1C=CC(=O)OC2(O1)OC(=O)/C=C/C(=O)OC2=O. The van der Waals surface area contributed by atoms with Gasteiger partial charge in [-0.25, -0.2) is 24.0 Å². The van der Waals surface area contributed by atoms with Crippen LogP contribution in [-0.2, 0) is 42.9 Å². The van der Waals surface area contributed by atoms with Gasteiger partial charge in [0.05, 0.1) is 0 Å². The van der Waals surface area contributed by atoms with E-state index in [0.717, 1.165) is 0 Å². The molecule has 9 nitrogen and oxygen atoms in total. The molecule has 0 aromatic heterocycles. The Kier molecular flexibility index (Phi) is 2.87. The van der Waals surface area contributed by atoms with E-state index in [-0.39, 0.29) is 0 Å². The van der Waals surface area contributed by atoms with Gasteiger partial charge in [0.15, 0.2) is 0 Å². The zero-order chi connectivity index (χ0) is 14.0. The maximum absolute atomic E-state index is 11.6. The molecule has 0 radical (unpaired) electrons. The molecular weight excluding hydrogens is 264 g/mol. The van der Waals surface area contributed by atoms with Crippen LogP contribution in [-0.4, -0.2) is 35.8 Å². The molecule has 0 amide bonds. The molecule has 2 aliphatic rings. The van der Waals surface area contributed by atoms with Gasteiger partial charge in [-0.05, 0) is 0 Å². The molecule has 2 aliphatic heterocycles. The van der Waals surface area contributed by atoms with Crippen molar-refractivity contribution in [2.75, 3.05) is 0 Å². The van der Waals surface area contributed by atoms with Gasteiger partial charge in [-0.3, -0.25) is 0 Å². The minimum absolute atomic E-state index is 0.608. The largest absolute Gasteiger partial charge is 0.531 e. The Bertz CT molecular complexity index is 533. The standard InChI is InChI=1S/C10H4O9/c11-5-1-2-6(12)17-10(9(15)16-5)18-7(13)3-4-8(14)19-10/h1-4H/b2-1+. The molecule has 0 aromatic carbocycles. The number of esters is 5. The maximum atomic E-state index is 11.6. The van der Waals surface area contributed by atoms with Crippen LogP contribution in [0.2, 0.25) is 0 Å². The third kappa shape index (κ3) is 2.49. The van der Waals surface area contributed by atoms with E-state index in [1.54, 1.807) is 0 Å². The molecule has 0 bridgehead atoms. The van der Waals surface area contributed by atoms with Crippen molar-refractivity contribution in [2.24, 2.45) is 0 Å². The second-order valence-corrected chi connectivity index (χ2v) is 3.19. The summed E-state index contributed by atoms with van der Waals surface area (Å²) in [4.78, 5) is 56.3. The number of hydrogen-bond acceptors (Lipinski definition) is 9. The number of rotatable bonds is 0. The van der Waals surface area contributed by atoms with Gasteiger partial charge in [-0.2, -0.15) is 0 Å². The fourth-order valence-electron chi connectivity index (χ4n) is 1.15. The number of hydrogen-bond donors (Lipinski definition) is 0. The summed E-state index contributed by atoms with van der Waals surface area (Å²) >= 11 is 0. The Morgan fingerprint density at radius 2 is 1.00 bits per heavy atom. The molecule has 0 saturated carbocycles. The average Bonchev–Trinajstić information content (AvgIpc) is 2.46. The predicted octanol–water partition coefficient (Wildman–Crippen LogP) is -1.52. The molecule has 0 unspecified atom stereocenters. The van der Waals surface area contributed by atoms with Gasteiger partial charge in [-0.1, -0.05) is 0 Å². The van der Waals surface area contributed by atoms with Crippen molar-refractivity contribution in [1.29, 1.82) is 0 Å². The van der Waals surface area contributed by atoms with Gasteiger partial charge in [0.1, 0.15) is 0 Å². The van der Waals surface area contributed by atoms with Crippen LogP contribution in [0.3, 0.4) is 0 Å². The Morgan fingerprint density at radius 3 is 1.42 bits per heavy atom. The average molecular weight is 268 g/mol. The Hall–Kier alpha value is -2.97. The Morgan fingerprint density at radius 1 is 0.632 bits per heavy atom. The normalized spacial score (nSPS) is 23.5. The third-order valence-corrected chi connectivity index (χ3v) is 1.86. The smallest absolute Gasteiger partial charge is 0.381 e. The van der Waals surface area contributed by atoms with Crippen LogP contribution >= 0.6 is 0 Å². The molecule has 2 rings (SSSR count). The van der Waals surface area contributed by atoms with E-state index >= 15 is 0 Å². The van der Waals surface area contributed by atoms with Crippen molar-refractivity contribution in [3.8, 4) is 0 Å². The highest BCUT2D eigenvalue weighted by molar-refractivity contribution is 6.03. The van der Waals surface area contributed by atoms with Crippen molar-refractivity contribution < 1.29 is 42.9 Å². The Balaban J connectivity index is 2.43. The van der Waals surface area contributed by atoms with Crippen LogP contribution < -0.4 is 0 Å². The van der Waals surface area contributed by atoms with E-state index < -0.39 is 35.8 Å². The molecule has 98 valence electrons. The highest BCUT2D eigenvalue weighted by Gasteiger charge is 2.55. The first-order valence-corrected chi connectivity index (χ1v) is 4.72. The van der Waals surface area contributed by atoms with Crippen LogP contribution in [0.25, 0.3) is 0 Å². The van der Waals surface area contributed by atoms with Gasteiger partial charge in [0, 0.05) is 24.3 Å². The van der Waals surface area contributed by atoms with Crippen molar-refractivity contribution in [2.45, 2.75) is 5.97 Å². The number of carbonyl (C=O) groups excluding carboxylic acids is 5. The van der Waals surface area contributed by atoms with Gasteiger partial charge >= 0.3 is 35.8 Å². The molecule has 0 aliphatic carbocycles. The van der Waals surface area contributed by atoms with Crippen molar-refractivity contribution >= 4 is 29.8 Å². The summed E-state index contributed by atoms with van der Waals surface area (Å²) < 4.78 is 17.4. The molecular formula is C10H4O9. The molecule has 0 aromatic rings. The van der Waals surface area contributed by atoms with Gasteiger partial charge in [0.2, 0.25) is 0 Å². The van der Waals surface area contributed by atoms with Gasteiger partial charge in [0.25, 0.3) is 0 Å². The number of carbonyl (C=O) groups is 5. The molecule has 19 heavy (non-hydrogen) atoms. The quantitative estimate of drug-likeness (QED) is 0.380. The second-order valence-electron chi connectivity index (χ2n) is 3.19. The fraction of sp³-hybridized carbons (Fsp3) is 0.100. The van der Waals surface area contributed by atoms with Crippen LogP contribution in [0.1, 0.15) is 0 Å². The molecule has 2 heterocycles. The summed E-state index contributed by atoms with van der Waals surface area (Å²) in [5.41, 5.74) is 0. The van der Waals surface area contributed by atoms with E-state index in [9.17, 15) is 24.0 Å². The van der Waals surface area contributed by atoms with Gasteiger partial charge < -0.3 is 18.9 Å². The summed E-state index contributed by atoms with van der Waals surface area (Å²) in [6.07, 6.45) is 2.52. The van der Waals surface area contributed by atoms with E-state index in [0.29, 0.717) is 24.3 Å². The highest BCUT2D eigenvalue weighted by Crippen LogP contribution is 2.23. The van der Waals surface area contributed by atoms with Crippen molar-refractivity contribution in [3.05, 3.63) is 24.3 Å². The van der Waals surface area contributed by atoms with E-state index in [1.165, 1.54) is 0 Å². The summed E-state index contributed by atoms with van der Waals surface area (Å²) in [7, 11) is 0. The second kappa shape index (κ2) is 4.37. The first kappa shape index (κ1) is 12.5. The van der Waals surface area contributed by atoms with Crippen LogP contribution in [0, 0.1) is 0 Å². The minimum atomic E-state index is -3.07. The number of ether oxygens (including phenoxy) is 4. The monoisotopic (exact) mass is 268 g/mol. The summed E-state index contributed by atoms with van der Waals surface area (Å²) in [5.74, 6) is -9.60. The van der Waals surface area contributed by atoms with Crippen LogP contribution in [0.5, 0.6) is 0 Å². The molecule has 0 N–H and O–H groups in total. The summed E-state index contributed by atoms with van der Waals surface area (Å²) in [5, 5.41) is 0. The van der Waals surface area contributed by atoms with Gasteiger partial charge in [-0.15, -0.1) is 0 Å². The van der Waals surface area contributed by atoms with Crippen LogP contribution in [0.15, 0.2) is 24.3 Å². The third-order valence-electron chi connectivity index (χ3n) is 1.86. The lowest BCUT2D eigenvalue weighted by Gasteiger charge is -2.26. The lowest BCUT2D eigenvalue weighted by Crippen LogP contribution is -2.51. The maximum Gasteiger partial charge on any atom is 0.531 e. The highest BCUT2D eigenvalue weighted by atomic mass is 16.9. The first-order valence-electron chi connectivity index (χ1n) is 4.72. The minimum Gasteiger partial charge on any atom is -0.381 e. The fourth-order valence-corrected chi connectivity index (χ4v) is 1.15. The molecule has 0 fully saturated rings. The van der Waals surface area contributed by atoms with Crippen molar-refractivity contribution in [1.82, 2.24) is 0 Å². The van der Waals surface area contributed by atoms with E-state index in [1.807, 2.05) is 0 Å². The van der Waals surface area contributed by atoms with E-state index in [4.69, 9.17) is 0 Å². The molecule has 0 saturated heterocycles. The topological polar surface area (TPSA) is 122 Å². The molecule has 1 spiro atoms. The first-order chi connectivity index (χ1) is 8.91. The summed E-state index contributed by atoms with van der Waals surface area (Å²) in [6.45, 7) is 0. The predicted molar refractivity (Wildman–Crippen MR) is 50.4 cm³/mol. The summed E-state index contributed by atoms with van der Waals surface area (Å²) in [6, 6.07) is 0. The Labute approximate surface area is 104 Å². The lowest BCUT2D eigenvalue weighted by molar-refractivity contribution is -0.314. The van der Waals surface area contributed by atoms with Crippen LogP contribution in [0.4, 0.5) is 0 Å². The molecule has 0 atom stereocenters. The zero-order valence-electron chi connectivity index (χ0n) is 8.98.